The first kappa shape index (κ1) is 15.0. The second-order valence-electron chi connectivity index (χ2n) is 4.07. The van der Waals surface area contributed by atoms with E-state index in [1.54, 1.807) is 23.5 Å². The van der Waals surface area contributed by atoms with Gasteiger partial charge in [0.1, 0.15) is 11.9 Å². The van der Waals surface area contributed by atoms with Crippen molar-refractivity contribution < 1.29 is 9.53 Å². The highest BCUT2D eigenvalue weighted by Gasteiger charge is 2.32. The van der Waals surface area contributed by atoms with Crippen LogP contribution >= 0.6 is 11.8 Å². The summed E-state index contributed by atoms with van der Waals surface area (Å²) in [6.07, 6.45) is 2.19. The Morgan fingerprint density at radius 3 is 2.89 bits per heavy atom. The maximum Gasteiger partial charge on any atom is 0.326 e. The average Bonchev–Trinajstić information content (AvgIpc) is 2.75. The Bertz CT molecular complexity index is 396. The van der Waals surface area contributed by atoms with Gasteiger partial charge in [0.05, 0.1) is 6.61 Å². The number of hydrogen-bond acceptors (Lipinski definition) is 6. The standard InChI is InChI=1S/C11H20N4O2S/c1-5-17-9(16)11(2,12-3)6-7-18-10-13-8-14-15(10)4/h8,12H,5-7H2,1-4H3. The molecule has 0 aromatic carbocycles. The van der Waals surface area contributed by atoms with Gasteiger partial charge in [0, 0.05) is 12.8 Å². The lowest BCUT2D eigenvalue weighted by atomic mass is 10.00. The fraction of sp³-hybridized carbons (Fsp3) is 0.727. The number of thioether (sulfide) groups is 1. The van der Waals surface area contributed by atoms with Crippen molar-refractivity contribution in [2.24, 2.45) is 7.05 Å². The molecule has 1 aromatic heterocycles. The lowest BCUT2D eigenvalue weighted by Crippen LogP contribution is -2.49. The zero-order valence-corrected chi connectivity index (χ0v) is 12.1. The van der Waals surface area contributed by atoms with E-state index in [2.05, 4.69) is 15.4 Å². The number of carbonyl (C=O) groups excluding carboxylic acids is 1. The van der Waals surface area contributed by atoms with E-state index in [0.717, 1.165) is 10.9 Å². The molecule has 0 aliphatic heterocycles. The van der Waals surface area contributed by atoms with Crippen LogP contribution in [0, 0.1) is 0 Å². The largest absolute Gasteiger partial charge is 0.465 e. The van der Waals surface area contributed by atoms with Crippen LogP contribution in [-0.4, -0.2) is 45.7 Å². The Morgan fingerprint density at radius 2 is 2.39 bits per heavy atom. The highest BCUT2D eigenvalue weighted by atomic mass is 32.2. The normalized spacial score (nSPS) is 14.2. The maximum absolute atomic E-state index is 11.8. The molecule has 18 heavy (non-hydrogen) atoms. The summed E-state index contributed by atoms with van der Waals surface area (Å²) in [5, 5.41) is 7.87. The van der Waals surface area contributed by atoms with E-state index in [1.165, 1.54) is 6.33 Å². The fourth-order valence-electron chi connectivity index (χ4n) is 1.38. The molecule has 1 rings (SSSR count). The maximum atomic E-state index is 11.8. The summed E-state index contributed by atoms with van der Waals surface area (Å²) in [7, 11) is 3.61. The van der Waals surface area contributed by atoms with Crippen LogP contribution in [0.3, 0.4) is 0 Å². The van der Waals surface area contributed by atoms with Crippen LogP contribution in [-0.2, 0) is 16.6 Å². The highest BCUT2D eigenvalue weighted by Crippen LogP contribution is 2.20. The van der Waals surface area contributed by atoms with Crippen LogP contribution in [0.2, 0.25) is 0 Å². The molecule has 1 unspecified atom stereocenters. The molecule has 1 N–H and O–H groups in total. The smallest absolute Gasteiger partial charge is 0.326 e. The van der Waals surface area contributed by atoms with Crippen molar-refractivity contribution in [3.8, 4) is 0 Å². The van der Waals surface area contributed by atoms with Crippen LogP contribution in [0.25, 0.3) is 0 Å². The summed E-state index contributed by atoms with van der Waals surface area (Å²) in [5.74, 6) is 0.550. The van der Waals surface area contributed by atoms with E-state index in [-0.39, 0.29) is 5.97 Å². The molecule has 0 spiro atoms. The number of nitrogens with zero attached hydrogens (tertiary/aromatic N) is 3. The molecule has 1 aromatic rings. The van der Waals surface area contributed by atoms with Crippen molar-refractivity contribution in [2.45, 2.75) is 31.0 Å². The topological polar surface area (TPSA) is 69.0 Å². The van der Waals surface area contributed by atoms with Gasteiger partial charge in [-0.2, -0.15) is 5.10 Å². The second-order valence-corrected chi connectivity index (χ2v) is 5.13. The number of ether oxygens (including phenoxy) is 1. The summed E-state index contributed by atoms with van der Waals surface area (Å²) in [6.45, 7) is 4.05. The first-order chi connectivity index (χ1) is 8.53. The molecule has 0 saturated heterocycles. The van der Waals surface area contributed by atoms with Crippen LogP contribution < -0.4 is 5.32 Å². The van der Waals surface area contributed by atoms with Gasteiger partial charge in [-0.15, -0.1) is 0 Å². The molecule has 0 saturated carbocycles. The number of aromatic nitrogens is 3. The van der Waals surface area contributed by atoms with E-state index in [1.807, 2.05) is 20.9 Å². The predicted octanol–water partition coefficient (Wildman–Crippen LogP) is 0.838. The molecule has 0 radical (unpaired) electrons. The van der Waals surface area contributed by atoms with Gasteiger partial charge in [-0.25, -0.2) is 9.67 Å². The quantitative estimate of drug-likeness (QED) is 0.586. The van der Waals surface area contributed by atoms with Crippen molar-refractivity contribution in [1.82, 2.24) is 20.1 Å². The Balaban J connectivity index is 2.49. The summed E-state index contributed by atoms with van der Waals surface area (Å²) in [4.78, 5) is 15.9. The van der Waals surface area contributed by atoms with Crippen LogP contribution in [0.4, 0.5) is 0 Å². The lowest BCUT2D eigenvalue weighted by Gasteiger charge is -2.26. The van der Waals surface area contributed by atoms with Gasteiger partial charge in [0.15, 0.2) is 5.16 Å². The van der Waals surface area contributed by atoms with Crippen molar-refractivity contribution in [1.29, 1.82) is 0 Å². The van der Waals surface area contributed by atoms with E-state index in [0.29, 0.717) is 13.0 Å². The van der Waals surface area contributed by atoms with Gasteiger partial charge in [-0.3, -0.25) is 4.79 Å². The van der Waals surface area contributed by atoms with Crippen LogP contribution in [0.15, 0.2) is 11.5 Å². The SMILES string of the molecule is CCOC(=O)C(C)(CCSc1ncnn1C)NC. The minimum atomic E-state index is -0.651. The third-order valence-electron chi connectivity index (χ3n) is 2.78. The van der Waals surface area contributed by atoms with Crippen molar-refractivity contribution in [2.75, 3.05) is 19.4 Å². The molecule has 0 aliphatic rings. The Labute approximate surface area is 111 Å². The highest BCUT2D eigenvalue weighted by molar-refractivity contribution is 7.99. The van der Waals surface area contributed by atoms with Gasteiger partial charge >= 0.3 is 5.97 Å². The summed E-state index contributed by atoms with van der Waals surface area (Å²) >= 11 is 1.57. The molecule has 0 bridgehead atoms. The molecule has 1 atom stereocenters. The Morgan fingerprint density at radius 1 is 1.67 bits per heavy atom. The number of rotatable bonds is 7. The third-order valence-corrected chi connectivity index (χ3v) is 3.82. The molecule has 0 aliphatic carbocycles. The molecule has 7 heteroatoms. The summed E-state index contributed by atoms with van der Waals surface area (Å²) in [6, 6.07) is 0. The van der Waals surface area contributed by atoms with Crippen molar-refractivity contribution >= 4 is 17.7 Å². The number of nitrogens with one attached hydrogen (secondary N) is 1. The van der Waals surface area contributed by atoms with E-state index in [4.69, 9.17) is 4.74 Å². The Kier molecular flexibility index (Phi) is 5.61. The molecule has 0 amide bonds. The number of likely N-dealkylation sites (N-methyl/N-ethyl adjacent to an activating group) is 1. The molecule has 102 valence electrons. The predicted molar refractivity (Wildman–Crippen MR) is 70.4 cm³/mol. The third kappa shape index (κ3) is 3.71. The number of hydrogen-bond donors (Lipinski definition) is 1. The van der Waals surface area contributed by atoms with Gasteiger partial charge in [0.25, 0.3) is 0 Å². The van der Waals surface area contributed by atoms with E-state index >= 15 is 0 Å². The first-order valence-corrected chi connectivity index (χ1v) is 6.85. The second kappa shape index (κ2) is 6.75. The van der Waals surface area contributed by atoms with Crippen molar-refractivity contribution in [3.05, 3.63) is 6.33 Å². The average molecular weight is 272 g/mol. The molecule has 6 nitrogen and oxygen atoms in total. The van der Waals surface area contributed by atoms with Crippen LogP contribution in [0.1, 0.15) is 20.3 Å². The monoisotopic (exact) mass is 272 g/mol. The lowest BCUT2D eigenvalue weighted by molar-refractivity contribution is -0.150. The zero-order chi connectivity index (χ0) is 13.6. The first-order valence-electron chi connectivity index (χ1n) is 5.86. The fourth-order valence-corrected chi connectivity index (χ4v) is 2.43. The van der Waals surface area contributed by atoms with E-state index in [9.17, 15) is 4.79 Å². The van der Waals surface area contributed by atoms with Gasteiger partial charge < -0.3 is 10.1 Å². The minimum Gasteiger partial charge on any atom is -0.465 e. The Hall–Kier alpha value is -1.08. The zero-order valence-electron chi connectivity index (χ0n) is 11.3. The number of esters is 1. The van der Waals surface area contributed by atoms with Gasteiger partial charge in [-0.1, -0.05) is 11.8 Å². The molecular weight excluding hydrogens is 252 g/mol. The number of carbonyl (C=O) groups is 1. The summed E-state index contributed by atoms with van der Waals surface area (Å²) in [5.41, 5.74) is -0.651. The van der Waals surface area contributed by atoms with E-state index < -0.39 is 5.54 Å². The van der Waals surface area contributed by atoms with Gasteiger partial charge in [0.2, 0.25) is 0 Å². The van der Waals surface area contributed by atoms with Crippen molar-refractivity contribution in [3.63, 3.8) is 0 Å². The van der Waals surface area contributed by atoms with Gasteiger partial charge in [-0.05, 0) is 27.3 Å². The molecular formula is C11H20N4O2S. The minimum absolute atomic E-state index is 0.217. The number of aryl methyl sites for hydroxylation is 1. The molecule has 1 heterocycles. The van der Waals surface area contributed by atoms with Crippen LogP contribution in [0.5, 0.6) is 0 Å². The molecule has 0 fully saturated rings. The summed E-state index contributed by atoms with van der Waals surface area (Å²) < 4.78 is 6.78.